The lowest BCUT2D eigenvalue weighted by Crippen LogP contribution is -2.45. The van der Waals surface area contributed by atoms with Crippen molar-refractivity contribution in [2.45, 2.75) is 51.1 Å². The van der Waals surface area contributed by atoms with Crippen LogP contribution in [0.2, 0.25) is 0 Å². The maximum atomic E-state index is 12.1. The number of carbonyl (C=O) groups is 1. The first-order valence-electron chi connectivity index (χ1n) is 7.40. The zero-order valence-electron chi connectivity index (χ0n) is 11.5. The van der Waals surface area contributed by atoms with E-state index in [1.807, 2.05) is 13.0 Å². The van der Waals surface area contributed by atoms with Crippen LogP contribution in [0.4, 0.5) is 0 Å². The first kappa shape index (κ1) is 12.7. The Labute approximate surface area is 114 Å². The van der Waals surface area contributed by atoms with Gasteiger partial charge in [-0.1, -0.05) is 6.92 Å². The zero-order chi connectivity index (χ0) is 13.2. The van der Waals surface area contributed by atoms with Gasteiger partial charge in [-0.15, -0.1) is 0 Å². The zero-order valence-corrected chi connectivity index (χ0v) is 11.5. The van der Waals surface area contributed by atoms with Crippen LogP contribution in [-0.4, -0.2) is 36.0 Å². The maximum Gasteiger partial charge on any atom is 0.287 e. The Kier molecular flexibility index (Phi) is 3.60. The Morgan fingerprint density at radius 1 is 1.32 bits per heavy atom. The summed E-state index contributed by atoms with van der Waals surface area (Å²) < 4.78 is 5.48. The molecule has 1 amide bonds. The van der Waals surface area contributed by atoms with Crippen molar-refractivity contribution >= 4 is 5.91 Å². The standard InChI is InChI=1S/C15H22N2O2/c1-2-13-5-6-14(19-13)15(18)16-11-7-9-17(10-8-11)12-3-4-12/h5-6,11-12H,2-4,7-10H2,1H3,(H,16,18). The van der Waals surface area contributed by atoms with Gasteiger partial charge in [0.2, 0.25) is 0 Å². The Morgan fingerprint density at radius 3 is 2.63 bits per heavy atom. The van der Waals surface area contributed by atoms with E-state index < -0.39 is 0 Å². The summed E-state index contributed by atoms with van der Waals surface area (Å²) in [5.41, 5.74) is 0. The lowest BCUT2D eigenvalue weighted by Gasteiger charge is -2.32. The van der Waals surface area contributed by atoms with Gasteiger partial charge in [0.05, 0.1) is 0 Å². The lowest BCUT2D eigenvalue weighted by atomic mass is 10.0. The van der Waals surface area contributed by atoms with Crippen molar-refractivity contribution in [1.29, 1.82) is 0 Å². The SMILES string of the molecule is CCc1ccc(C(=O)NC2CCN(C3CC3)CC2)o1. The van der Waals surface area contributed by atoms with Crippen LogP contribution >= 0.6 is 0 Å². The quantitative estimate of drug-likeness (QED) is 0.904. The Morgan fingerprint density at radius 2 is 2.05 bits per heavy atom. The van der Waals surface area contributed by atoms with Crippen LogP contribution in [0.15, 0.2) is 16.5 Å². The summed E-state index contributed by atoms with van der Waals surface area (Å²) in [5.74, 6) is 1.25. The summed E-state index contributed by atoms with van der Waals surface area (Å²) in [4.78, 5) is 14.6. The van der Waals surface area contributed by atoms with Crippen LogP contribution in [0, 0.1) is 0 Å². The van der Waals surface area contributed by atoms with Crippen LogP contribution in [0.25, 0.3) is 0 Å². The topological polar surface area (TPSA) is 45.5 Å². The Hall–Kier alpha value is -1.29. The number of likely N-dealkylation sites (tertiary alicyclic amines) is 1. The minimum absolute atomic E-state index is 0.0652. The van der Waals surface area contributed by atoms with Crippen molar-refractivity contribution < 1.29 is 9.21 Å². The van der Waals surface area contributed by atoms with E-state index in [9.17, 15) is 4.79 Å². The fourth-order valence-corrected chi connectivity index (χ4v) is 2.80. The van der Waals surface area contributed by atoms with Crippen LogP contribution in [0.3, 0.4) is 0 Å². The molecule has 19 heavy (non-hydrogen) atoms. The van der Waals surface area contributed by atoms with Gasteiger partial charge in [0, 0.05) is 31.6 Å². The third kappa shape index (κ3) is 3.00. The molecule has 0 unspecified atom stereocenters. The predicted molar refractivity (Wildman–Crippen MR) is 73.2 cm³/mol. The molecule has 2 heterocycles. The average Bonchev–Trinajstić information content (AvgIpc) is 3.17. The lowest BCUT2D eigenvalue weighted by molar-refractivity contribution is 0.0879. The summed E-state index contributed by atoms with van der Waals surface area (Å²) in [6, 6.07) is 4.80. The predicted octanol–water partition coefficient (Wildman–Crippen LogP) is 2.20. The van der Waals surface area contributed by atoms with E-state index in [0.29, 0.717) is 11.8 Å². The summed E-state index contributed by atoms with van der Waals surface area (Å²) in [5, 5.41) is 3.09. The summed E-state index contributed by atoms with van der Waals surface area (Å²) in [6.07, 6.45) is 5.67. The van der Waals surface area contributed by atoms with E-state index in [4.69, 9.17) is 4.42 Å². The smallest absolute Gasteiger partial charge is 0.287 e. The molecule has 0 spiro atoms. The second-order valence-electron chi connectivity index (χ2n) is 5.63. The molecule has 1 aliphatic carbocycles. The molecule has 1 aliphatic heterocycles. The normalized spacial score (nSPS) is 21.5. The molecule has 1 saturated heterocycles. The molecule has 1 N–H and O–H groups in total. The molecule has 1 aromatic heterocycles. The number of carbonyl (C=O) groups excluding carboxylic acids is 1. The van der Waals surface area contributed by atoms with Crippen molar-refractivity contribution in [1.82, 2.24) is 10.2 Å². The fraction of sp³-hybridized carbons (Fsp3) is 0.667. The van der Waals surface area contributed by atoms with Crippen molar-refractivity contribution in [3.05, 3.63) is 23.7 Å². The number of hydrogen-bond donors (Lipinski definition) is 1. The van der Waals surface area contributed by atoms with Crippen molar-refractivity contribution in [3.63, 3.8) is 0 Å². The van der Waals surface area contributed by atoms with Gasteiger partial charge in [0.1, 0.15) is 5.76 Å². The molecule has 104 valence electrons. The van der Waals surface area contributed by atoms with Gasteiger partial charge < -0.3 is 14.6 Å². The van der Waals surface area contributed by atoms with Gasteiger partial charge in [0.15, 0.2) is 5.76 Å². The van der Waals surface area contributed by atoms with Crippen LogP contribution in [0.5, 0.6) is 0 Å². The molecular formula is C15H22N2O2. The van der Waals surface area contributed by atoms with E-state index in [2.05, 4.69) is 10.2 Å². The first-order valence-corrected chi connectivity index (χ1v) is 7.40. The molecule has 1 aromatic rings. The molecule has 4 heteroatoms. The third-order valence-corrected chi connectivity index (χ3v) is 4.16. The molecule has 0 aromatic carbocycles. The number of nitrogens with zero attached hydrogens (tertiary/aromatic N) is 1. The molecule has 0 radical (unpaired) electrons. The van der Waals surface area contributed by atoms with Crippen molar-refractivity contribution in [3.8, 4) is 0 Å². The first-order chi connectivity index (χ1) is 9.26. The minimum atomic E-state index is -0.0652. The largest absolute Gasteiger partial charge is 0.456 e. The highest BCUT2D eigenvalue weighted by atomic mass is 16.3. The molecule has 1 saturated carbocycles. The second kappa shape index (κ2) is 5.37. The second-order valence-corrected chi connectivity index (χ2v) is 5.63. The number of hydrogen-bond acceptors (Lipinski definition) is 3. The van der Waals surface area contributed by atoms with Crippen LogP contribution in [-0.2, 0) is 6.42 Å². The number of rotatable bonds is 4. The van der Waals surface area contributed by atoms with Crippen LogP contribution in [0.1, 0.15) is 48.9 Å². The molecule has 3 rings (SSSR count). The van der Waals surface area contributed by atoms with Gasteiger partial charge in [-0.3, -0.25) is 4.79 Å². The Balaban J connectivity index is 1.49. The number of aryl methyl sites for hydroxylation is 1. The van der Waals surface area contributed by atoms with Crippen molar-refractivity contribution in [2.75, 3.05) is 13.1 Å². The monoisotopic (exact) mass is 262 g/mol. The molecule has 2 fully saturated rings. The minimum Gasteiger partial charge on any atom is -0.456 e. The van der Waals surface area contributed by atoms with Gasteiger partial charge in [-0.2, -0.15) is 0 Å². The van der Waals surface area contributed by atoms with E-state index in [-0.39, 0.29) is 5.91 Å². The molecular weight excluding hydrogens is 240 g/mol. The highest BCUT2D eigenvalue weighted by molar-refractivity contribution is 5.91. The third-order valence-electron chi connectivity index (χ3n) is 4.16. The van der Waals surface area contributed by atoms with Gasteiger partial charge in [-0.25, -0.2) is 0 Å². The maximum absolute atomic E-state index is 12.1. The molecule has 0 atom stereocenters. The number of furan rings is 1. The molecule has 4 nitrogen and oxygen atoms in total. The highest BCUT2D eigenvalue weighted by Gasteiger charge is 2.32. The summed E-state index contributed by atoms with van der Waals surface area (Å²) in [7, 11) is 0. The number of piperidine rings is 1. The van der Waals surface area contributed by atoms with Crippen molar-refractivity contribution in [2.24, 2.45) is 0 Å². The van der Waals surface area contributed by atoms with E-state index in [1.54, 1.807) is 6.07 Å². The highest BCUT2D eigenvalue weighted by Crippen LogP contribution is 2.29. The molecule has 2 aliphatic rings. The number of nitrogens with one attached hydrogen (secondary N) is 1. The van der Waals surface area contributed by atoms with Crippen LogP contribution < -0.4 is 5.32 Å². The molecule has 0 bridgehead atoms. The van der Waals surface area contributed by atoms with E-state index in [0.717, 1.165) is 44.2 Å². The van der Waals surface area contributed by atoms with Gasteiger partial charge in [-0.05, 0) is 37.8 Å². The van der Waals surface area contributed by atoms with E-state index in [1.165, 1.54) is 12.8 Å². The summed E-state index contributed by atoms with van der Waals surface area (Å²) in [6.45, 7) is 4.26. The van der Waals surface area contributed by atoms with E-state index >= 15 is 0 Å². The average molecular weight is 262 g/mol. The van der Waals surface area contributed by atoms with Gasteiger partial charge >= 0.3 is 0 Å². The summed E-state index contributed by atoms with van der Waals surface area (Å²) >= 11 is 0. The number of amides is 1. The van der Waals surface area contributed by atoms with Gasteiger partial charge in [0.25, 0.3) is 5.91 Å². The Bertz CT molecular complexity index is 443. The fourth-order valence-electron chi connectivity index (χ4n) is 2.80.